The number of aromatic nitrogens is 2. The lowest BCUT2D eigenvalue weighted by Gasteiger charge is -2.15. The zero-order chi connectivity index (χ0) is 18.7. The van der Waals surface area contributed by atoms with Gasteiger partial charge in [-0.25, -0.2) is 9.97 Å². The van der Waals surface area contributed by atoms with Crippen LogP contribution in [-0.2, 0) is 6.42 Å². The van der Waals surface area contributed by atoms with E-state index in [1.54, 1.807) is 6.33 Å². The summed E-state index contributed by atoms with van der Waals surface area (Å²) >= 11 is 0. The van der Waals surface area contributed by atoms with E-state index in [4.69, 9.17) is 0 Å². The van der Waals surface area contributed by atoms with Crippen molar-refractivity contribution in [1.82, 2.24) is 9.97 Å². The molecule has 1 heterocycles. The van der Waals surface area contributed by atoms with Gasteiger partial charge in [0, 0.05) is 17.7 Å². The van der Waals surface area contributed by atoms with Gasteiger partial charge < -0.3 is 5.32 Å². The number of allylic oxidation sites excluding steroid dienone is 2. The first-order chi connectivity index (χ1) is 12.5. The Morgan fingerprint density at radius 3 is 2.62 bits per heavy atom. The van der Waals surface area contributed by atoms with Crippen LogP contribution in [0.5, 0.6) is 0 Å². The molecule has 0 bridgehead atoms. The molecule has 1 aliphatic carbocycles. The van der Waals surface area contributed by atoms with Crippen molar-refractivity contribution >= 4 is 17.1 Å². The number of aryl methyl sites for hydroxylation is 2. The molecular weight excluding hydrogens is 318 g/mol. The molecular formula is C23H31N3. The minimum absolute atomic E-state index is 0.755. The van der Waals surface area contributed by atoms with Crippen molar-refractivity contribution in [1.29, 1.82) is 0 Å². The highest BCUT2D eigenvalue weighted by molar-refractivity contribution is 5.83. The van der Waals surface area contributed by atoms with E-state index in [2.05, 4.69) is 68.1 Å². The second-order valence-corrected chi connectivity index (χ2v) is 7.63. The molecule has 0 aliphatic heterocycles. The number of fused-ring (bicyclic) bond motifs is 1. The molecule has 0 radical (unpaired) electrons. The van der Waals surface area contributed by atoms with E-state index < -0.39 is 0 Å². The van der Waals surface area contributed by atoms with Gasteiger partial charge in [-0.15, -0.1) is 0 Å². The van der Waals surface area contributed by atoms with E-state index >= 15 is 0 Å². The number of hydrogen-bond acceptors (Lipinski definition) is 3. The molecule has 0 saturated carbocycles. The lowest BCUT2D eigenvalue weighted by Crippen LogP contribution is -2.03. The van der Waals surface area contributed by atoms with Gasteiger partial charge in [0.1, 0.15) is 12.1 Å². The molecule has 1 aromatic heterocycles. The Balaban J connectivity index is 1.93. The molecule has 0 saturated heterocycles. The molecule has 3 heteroatoms. The van der Waals surface area contributed by atoms with Crippen molar-refractivity contribution < 1.29 is 0 Å². The van der Waals surface area contributed by atoms with Gasteiger partial charge in [0.2, 0.25) is 0 Å². The van der Waals surface area contributed by atoms with Crippen molar-refractivity contribution in [3.8, 4) is 0 Å². The highest BCUT2D eigenvalue weighted by Crippen LogP contribution is 2.41. The van der Waals surface area contributed by atoms with Crippen LogP contribution in [0.3, 0.4) is 0 Å². The Bertz CT molecular complexity index is 820. The van der Waals surface area contributed by atoms with Crippen LogP contribution in [0.4, 0.5) is 11.5 Å². The normalized spacial score (nSPS) is 14.5. The Morgan fingerprint density at radius 2 is 1.92 bits per heavy atom. The van der Waals surface area contributed by atoms with E-state index in [9.17, 15) is 0 Å². The zero-order valence-corrected chi connectivity index (χ0v) is 16.8. The molecule has 3 rings (SSSR count). The summed E-state index contributed by atoms with van der Waals surface area (Å²) in [6.45, 7) is 11.2. The first-order valence-corrected chi connectivity index (χ1v) is 9.92. The van der Waals surface area contributed by atoms with Crippen molar-refractivity contribution in [3.63, 3.8) is 0 Å². The lowest BCUT2D eigenvalue weighted by molar-refractivity contribution is 0.524. The van der Waals surface area contributed by atoms with Crippen LogP contribution in [-0.4, -0.2) is 9.97 Å². The zero-order valence-electron chi connectivity index (χ0n) is 16.8. The van der Waals surface area contributed by atoms with Gasteiger partial charge in [0.05, 0.1) is 5.69 Å². The maximum absolute atomic E-state index is 4.61. The van der Waals surface area contributed by atoms with Crippen LogP contribution >= 0.6 is 0 Å². The van der Waals surface area contributed by atoms with E-state index in [1.165, 1.54) is 46.4 Å². The predicted octanol–water partition coefficient (Wildman–Crippen LogP) is 6.38. The third-order valence-electron chi connectivity index (χ3n) is 5.82. The Morgan fingerprint density at radius 1 is 1.12 bits per heavy atom. The predicted molar refractivity (Wildman–Crippen MR) is 111 cm³/mol. The highest BCUT2D eigenvalue weighted by Gasteiger charge is 2.25. The quantitative estimate of drug-likeness (QED) is 0.630. The topological polar surface area (TPSA) is 37.8 Å². The average Bonchev–Trinajstić information content (AvgIpc) is 3.01. The van der Waals surface area contributed by atoms with Crippen molar-refractivity contribution in [2.75, 3.05) is 5.32 Å². The fourth-order valence-corrected chi connectivity index (χ4v) is 3.64. The molecule has 1 aromatic carbocycles. The van der Waals surface area contributed by atoms with Crippen molar-refractivity contribution in [2.24, 2.45) is 5.92 Å². The number of nitrogens with zero attached hydrogens (tertiary/aromatic N) is 2. The molecule has 3 nitrogen and oxygen atoms in total. The molecule has 2 aromatic rings. The number of benzene rings is 1. The van der Waals surface area contributed by atoms with Crippen molar-refractivity contribution in [2.45, 2.75) is 66.7 Å². The second-order valence-electron chi connectivity index (χ2n) is 7.63. The largest absolute Gasteiger partial charge is 0.340 e. The smallest absolute Gasteiger partial charge is 0.141 e. The SMILES string of the molecule is CCC1=C(CCC(C)CC)c2c(ncnc2Nc2ccc(C)c(C)c2)C1. The molecule has 26 heavy (non-hydrogen) atoms. The Kier molecular flexibility index (Phi) is 5.75. The monoisotopic (exact) mass is 349 g/mol. The van der Waals surface area contributed by atoms with E-state index in [-0.39, 0.29) is 0 Å². The molecule has 0 amide bonds. The van der Waals surface area contributed by atoms with Crippen molar-refractivity contribution in [3.05, 3.63) is 52.5 Å². The molecule has 1 N–H and O–H groups in total. The standard InChI is InChI=1S/C23H31N3/c1-6-15(3)8-11-20-18(7-2)13-21-22(20)23(25-14-24-21)26-19-10-9-16(4)17(5)12-19/h9-10,12,14-15H,6-8,11,13H2,1-5H3,(H,24,25,26). The molecule has 138 valence electrons. The van der Waals surface area contributed by atoms with Gasteiger partial charge in [-0.2, -0.15) is 0 Å². The summed E-state index contributed by atoms with van der Waals surface area (Å²) in [5.41, 5.74) is 9.16. The minimum Gasteiger partial charge on any atom is -0.340 e. The summed E-state index contributed by atoms with van der Waals surface area (Å²) < 4.78 is 0. The molecule has 1 unspecified atom stereocenters. The highest BCUT2D eigenvalue weighted by atomic mass is 15.0. The number of rotatable bonds is 7. The van der Waals surface area contributed by atoms with Crippen LogP contribution in [0.25, 0.3) is 5.57 Å². The first kappa shape index (κ1) is 18.6. The third-order valence-corrected chi connectivity index (χ3v) is 5.82. The summed E-state index contributed by atoms with van der Waals surface area (Å²) in [7, 11) is 0. The lowest BCUT2D eigenvalue weighted by atomic mass is 9.94. The fraction of sp³-hybridized carbons (Fsp3) is 0.478. The third kappa shape index (κ3) is 3.82. The summed E-state index contributed by atoms with van der Waals surface area (Å²) in [6.07, 6.45) is 7.36. The van der Waals surface area contributed by atoms with Crippen LogP contribution in [0.15, 0.2) is 30.1 Å². The van der Waals surface area contributed by atoms with Gasteiger partial charge in [-0.05, 0) is 67.9 Å². The summed E-state index contributed by atoms with van der Waals surface area (Å²) in [5.74, 6) is 1.71. The van der Waals surface area contributed by atoms with Crippen LogP contribution in [0.2, 0.25) is 0 Å². The number of nitrogens with one attached hydrogen (secondary N) is 1. The van der Waals surface area contributed by atoms with E-state index in [1.807, 2.05) is 0 Å². The Labute approximate surface area is 158 Å². The molecule has 0 fully saturated rings. The fourth-order valence-electron chi connectivity index (χ4n) is 3.64. The Hall–Kier alpha value is -2.16. The first-order valence-electron chi connectivity index (χ1n) is 9.92. The minimum atomic E-state index is 0.755. The maximum atomic E-state index is 4.61. The van der Waals surface area contributed by atoms with Gasteiger partial charge in [-0.3, -0.25) is 0 Å². The van der Waals surface area contributed by atoms with Gasteiger partial charge in [0.15, 0.2) is 0 Å². The summed E-state index contributed by atoms with van der Waals surface area (Å²) in [5, 5.41) is 3.56. The maximum Gasteiger partial charge on any atom is 0.141 e. The second kappa shape index (κ2) is 8.03. The average molecular weight is 350 g/mol. The van der Waals surface area contributed by atoms with Gasteiger partial charge in [-0.1, -0.05) is 38.8 Å². The van der Waals surface area contributed by atoms with Crippen LogP contribution in [0, 0.1) is 19.8 Å². The van der Waals surface area contributed by atoms with E-state index in [0.717, 1.165) is 36.7 Å². The van der Waals surface area contributed by atoms with Gasteiger partial charge >= 0.3 is 0 Å². The number of hydrogen-bond donors (Lipinski definition) is 1. The number of anilines is 2. The van der Waals surface area contributed by atoms with Crippen LogP contribution in [0.1, 0.15) is 68.8 Å². The van der Waals surface area contributed by atoms with E-state index in [0.29, 0.717) is 0 Å². The molecule has 1 atom stereocenters. The molecule has 1 aliphatic rings. The molecule has 0 spiro atoms. The summed E-state index contributed by atoms with van der Waals surface area (Å²) in [4.78, 5) is 9.20. The summed E-state index contributed by atoms with van der Waals surface area (Å²) in [6, 6.07) is 6.49. The van der Waals surface area contributed by atoms with Crippen LogP contribution < -0.4 is 5.32 Å². The van der Waals surface area contributed by atoms with Gasteiger partial charge in [0.25, 0.3) is 0 Å².